The third kappa shape index (κ3) is 4.68. The standard InChI is InChI=1S/C14H16F3NO2/c1-9(2)12(19)11-5-3-10(4-6-11)7-8-18-13(20)14(15,16)17/h3-6,9H,7-8H2,1-2H3,(H,18,20). The zero-order valence-corrected chi connectivity index (χ0v) is 11.3. The van der Waals surface area contributed by atoms with Crippen LogP contribution in [0.15, 0.2) is 24.3 Å². The summed E-state index contributed by atoms with van der Waals surface area (Å²) in [5.74, 6) is -2.03. The van der Waals surface area contributed by atoms with Gasteiger partial charge in [-0.3, -0.25) is 9.59 Å². The van der Waals surface area contributed by atoms with Crippen LogP contribution in [0.4, 0.5) is 13.2 Å². The Labute approximate surface area is 115 Å². The van der Waals surface area contributed by atoms with Crippen LogP contribution in [0, 0.1) is 5.92 Å². The van der Waals surface area contributed by atoms with Gasteiger partial charge in [0.2, 0.25) is 0 Å². The Balaban J connectivity index is 2.51. The first-order valence-corrected chi connectivity index (χ1v) is 6.20. The number of halogens is 3. The maximum absolute atomic E-state index is 11.9. The average molecular weight is 287 g/mol. The SMILES string of the molecule is CC(C)C(=O)c1ccc(CCNC(=O)C(F)(F)F)cc1. The van der Waals surface area contributed by atoms with E-state index in [-0.39, 0.29) is 24.7 Å². The summed E-state index contributed by atoms with van der Waals surface area (Å²) in [7, 11) is 0. The molecular formula is C14H16F3NO2. The number of nitrogens with one attached hydrogen (secondary N) is 1. The van der Waals surface area contributed by atoms with E-state index in [9.17, 15) is 22.8 Å². The summed E-state index contributed by atoms with van der Waals surface area (Å²) in [5.41, 5.74) is 1.33. The molecule has 1 N–H and O–H groups in total. The molecule has 0 aromatic heterocycles. The molecule has 0 heterocycles. The molecule has 0 aliphatic heterocycles. The number of amides is 1. The Kier molecular flexibility index (Phi) is 5.30. The van der Waals surface area contributed by atoms with Gasteiger partial charge in [0.05, 0.1) is 0 Å². The van der Waals surface area contributed by atoms with Gasteiger partial charge in [-0.15, -0.1) is 0 Å². The summed E-state index contributed by atoms with van der Waals surface area (Å²) in [5, 5.41) is 1.80. The van der Waals surface area contributed by atoms with Crippen LogP contribution in [-0.4, -0.2) is 24.4 Å². The first-order valence-electron chi connectivity index (χ1n) is 6.20. The molecule has 0 aliphatic rings. The van der Waals surface area contributed by atoms with Gasteiger partial charge in [0.15, 0.2) is 5.78 Å². The number of rotatable bonds is 5. The number of carbonyl (C=O) groups excluding carboxylic acids is 2. The topological polar surface area (TPSA) is 46.2 Å². The van der Waals surface area contributed by atoms with Gasteiger partial charge in [0.25, 0.3) is 0 Å². The molecule has 0 saturated carbocycles. The first kappa shape index (κ1) is 16.2. The molecule has 110 valence electrons. The molecule has 1 aromatic carbocycles. The van der Waals surface area contributed by atoms with Crippen molar-refractivity contribution in [3.05, 3.63) is 35.4 Å². The second kappa shape index (κ2) is 6.54. The Morgan fingerprint density at radius 3 is 2.15 bits per heavy atom. The van der Waals surface area contributed by atoms with Crippen LogP contribution >= 0.6 is 0 Å². The van der Waals surface area contributed by atoms with Gasteiger partial charge in [-0.05, 0) is 12.0 Å². The third-order valence-electron chi connectivity index (χ3n) is 2.72. The van der Waals surface area contributed by atoms with Gasteiger partial charge >= 0.3 is 12.1 Å². The van der Waals surface area contributed by atoms with Crippen molar-refractivity contribution in [1.29, 1.82) is 0 Å². The fourth-order valence-electron chi connectivity index (χ4n) is 1.59. The van der Waals surface area contributed by atoms with Crippen molar-refractivity contribution in [2.75, 3.05) is 6.54 Å². The zero-order valence-electron chi connectivity index (χ0n) is 11.3. The van der Waals surface area contributed by atoms with Crippen molar-refractivity contribution >= 4 is 11.7 Å². The van der Waals surface area contributed by atoms with Gasteiger partial charge in [-0.25, -0.2) is 0 Å². The van der Waals surface area contributed by atoms with Crippen molar-refractivity contribution in [2.24, 2.45) is 5.92 Å². The molecular weight excluding hydrogens is 271 g/mol. The highest BCUT2D eigenvalue weighted by Gasteiger charge is 2.38. The van der Waals surface area contributed by atoms with E-state index in [4.69, 9.17) is 0 Å². The van der Waals surface area contributed by atoms with Crippen LogP contribution in [0.2, 0.25) is 0 Å². The minimum absolute atomic E-state index is 0.0157. The molecule has 0 radical (unpaired) electrons. The molecule has 0 saturated heterocycles. The van der Waals surface area contributed by atoms with E-state index in [1.165, 1.54) is 0 Å². The normalized spacial score (nSPS) is 11.5. The van der Waals surface area contributed by atoms with Gasteiger partial charge in [0, 0.05) is 18.0 Å². The number of carbonyl (C=O) groups is 2. The van der Waals surface area contributed by atoms with Crippen molar-refractivity contribution in [1.82, 2.24) is 5.32 Å². The molecule has 0 atom stereocenters. The Hall–Kier alpha value is -1.85. The predicted octanol–water partition coefficient (Wildman–Crippen LogP) is 2.75. The number of Topliss-reactive ketones (excluding diaryl/α,β-unsaturated/α-hetero) is 1. The lowest BCUT2D eigenvalue weighted by Crippen LogP contribution is -2.37. The number of hydrogen-bond donors (Lipinski definition) is 1. The lowest BCUT2D eigenvalue weighted by molar-refractivity contribution is -0.173. The molecule has 0 fully saturated rings. The maximum atomic E-state index is 11.9. The van der Waals surface area contributed by atoms with Gasteiger partial charge in [-0.2, -0.15) is 13.2 Å². The summed E-state index contributed by atoms with van der Waals surface area (Å²) < 4.78 is 35.8. The fourth-order valence-corrected chi connectivity index (χ4v) is 1.59. The van der Waals surface area contributed by atoms with E-state index in [0.29, 0.717) is 5.56 Å². The average Bonchev–Trinajstić information content (AvgIpc) is 2.37. The highest BCUT2D eigenvalue weighted by atomic mass is 19.4. The molecule has 0 unspecified atom stereocenters. The van der Waals surface area contributed by atoms with Gasteiger partial charge in [-0.1, -0.05) is 38.1 Å². The Bertz CT molecular complexity index is 478. The van der Waals surface area contributed by atoms with Gasteiger partial charge < -0.3 is 5.32 Å². The lowest BCUT2D eigenvalue weighted by Gasteiger charge is -2.08. The van der Waals surface area contributed by atoms with E-state index in [0.717, 1.165) is 5.56 Å². The summed E-state index contributed by atoms with van der Waals surface area (Å²) in [6.45, 7) is 3.49. The maximum Gasteiger partial charge on any atom is 0.471 e. The molecule has 0 bridgehead atoms. The Morgan fingerprint density at radius 2 is 1.70 bits per heavy atom. The van der Waals surface area contributed by atoms with Crippen molar-refractivity contribution in [3.63, 3.8) is 0 Å². The quantitative estimate of drug-likeness (QED) is 0.846. The number of hydrogen-bond acceptors (Lipinski definition) is 2. The van der Waals surface area contributed by atoms with Crippen LogP contribution in [0.3, 0.4) is 0 Å². The molecule has 0 aliphatic carbocycles. The van der Waals surface area contributed by atoms with Crippen LogP contribution in [0.25, 0.3) is 0 Å². The van der Waals surface area contributed by atoms with Gasteiger partial charge in [0.1, 0.15) is 0 Å². The minimum Gasteiger partial charge on any atom is -0.348 e. The van der Waals surface area contributed by atoms with E-state index in [2.05, 4.69) is 0 Å². The molecule has 20 heavy (non-hydrogen) atoms. The van der Waals surface area contributed by atoms with E-state index >= 15 is 0 Å². The lowest BCUT2D eigenvalue weighted by atomic mass is 9.99. The van der Waals surface area contributed by atoms with E-state index in [1.807, 2.05) is 0 Å². The fraction of sp³-hybridized carbons (Fsp3) is 0.429. The molecule has 6 heteroatoms. The molecule has 1 aromatic rings. The van der Waals surface area contributed by atoms with Crippen LogP contribution in [0.1, 0.15) is 29.8 Å². The summed E-state index contributed by atoms with van der Waals surface area (Å²) in [4.78, 5) is 22.3. The highest BCUT2D eigenvalue weighted by Crippen LogP contribution is 2.14. The Morgan fingerprint density at radius 1 is 1.15 bits per heavy atom. The number of alkyl halides is 3. The van der Waals surface area contributed by atoms with Crippen molar-refractivity contribution < 1.29 is 22.8 Å². The highest BCUT2D eigenvalue weighted by molar-refractivity contribution is 5.97. The number of benzene rings is 1. The second-order valence-corrected chi connectivity index (χ2v) is 4.72. The second-order valence-electron chi connectivity index (χ2n) is 4.72. The largest absolute Gasteiger partial charge is 0.471 e. The minimum atomic E-state index is -4.85. The first-order chi connectivity index (χ1) is 9.21. The van der Waals surface area contributed by atoms with Crippen LogP contribution < -0.4 is 5.32 Å². The summed E-state index contributed by atoms with van der Waals surface area (Å²) >= 11 is 0. The number of ketones is 1. The van der Waals surface area contributed by atoms with E-state index < -0.39 is 12.1 Å². The predicted molar refractivity (Wildman–Crippen MR) is 68.4 cm³/mol. The van der Waals surface area contributed by atoms with Crippen LogP contribution in [0.5, 0.6) is 0 Å². The monoisotopic (exact) mass is 287 g/mol. The smallest absolute Gasteiger partial charge is 0.348 e. The molecule has 1 rings (SSSR count). The van der Waals surface area contributed by atoms with Crippen molar-refractivity contribution in [2.45, 2.75) is 26.4 Å². The summed E-state index contributed by atoms with van der Waals surface area (Å²) in [6.07, 6.45) is -4.58. The van der Waals surface area contributed by atoms with E-state index in [1.54, 1.807) is 43.4 Å². The van der Waals surface area contributed by atoms with Crippen molar-refractivity contribution in [3.8, 4) is 0 Å². The molecule has 1 amide bonds. The zero-order chi connectivity index (χ0) is 15.3. The molecule has 0 spiro atoms. The third-order valence-corrected chi connectivity index (χ3v) is 2.72. The molecule has 3 nitrogen and oxygen atoms in total. The summed E-state index contributed by atoms with van der Waals surface area (Å²) in [6, 6.07) is 6.64. The van der Waals surface area contributed by atoms with Crippen LogP contribution in [-0.2, 0) is 11.2 Å².